The smallest absolute Gasteiger partial charge is 0.0185 e. The van der Waals surface area contributed by atoms with E-state index in [0.29, 0.717) is 0 Å². The van der Waals surface area contributed by atoms with Crippen LogP contribution >= 0.6 is 0 Å². The Bertz CT molecular complexity index is 342. The van der Waals surface area contributed by atoms with Crippen LogP contribution in [0.4, 0.5) is 0 Å². The summed E-state index contributed by atoms with van der Waals surface area (Å²) in [5, 5.41) is 0. The van der Waals surface area contributed by atoms with E-state index < -0.39 is 0 Å². The van der Waals surface area contributed by atoms with Crippen LogP contribution in [-0.2, 0) is 0 Å². The Kier molecular flexibility index (Phi) is 9.14. The minimum Gasteiger partial charge on any atom is -0.0807 e. The zero-order valence-electron chi connectivity index (χ0n) is 12.0. The topological polar surface area (TPSA) is 0 Å². The zero-order chi connectivity index (χ0) is 13.1. The highest BCUT2D eigenvalue weighted by molar-refractivity contribution is 5.79. The van der Waals surface area contributed by atoms with Crippen molar-refractivity contribution in [3.05, 3.63) is 53.6 Å². The molecule has 1 aliphatic carbocycles. The summed E-state index contributed by atoms with van der Waals surface area (Å²) in [5.74, 6) is 0. The summed E-state index contributed by atoms with van der Waals surface area (Å²) in [6.45, 7) is 10.2. The fraction of sp³-hybridized carbons (Fsp3) is 0.412. The van der Waals surface area contributed by atoms with Gasteiger partial charge in [0.15, 0.2) is 0 Å². The molecule has 0 heterocycles. The van der Waals surface area contributed by atoms with Crippen LogP contribution in [0, 0.1) is 0 Å². The predicted octanol–water partition coefficient (Wildman–Crippen LogP) is 5.86. The van der Waals surface area contributed by atoms with E-state index in [0.717, 1.165) is 0 Å². The van der Waals surface area contributed by atoms with Gasteiger partial charge in [0.25, 0.3) is 0 Å². The number of rotatable bonds is 1. The van der Waals surface area contributed by atoms with Crippen molar-refractivity contribution in [2.75, 3.05) is 0 Å². The molecule has 0 saturated carbocycles. The number of allylic oxidation sites excluding steroid dienone is 4. The lowest BCUT2D eigenvalue weighted by molar-refractivity contribution is 1.02. The third-order valence-electron chi connectivity index (χ3n) is 2.48. The van der Waals surface area contributed by atoms with Gasteiger partial charge in [0.2, 0.25) is 0 Å². The Balaban J connectivity index is 0.000000581. The van der Waals surface area contributed by atoms with E-state index in [9.17, 15) is 0 Å². The van der Waals surface area contributed by atoms with E-state index in [-0.39, 0.29) is 0 Å². The van der Waals surface area contributed by atoms with Gasteiger partial charge in [-0.1, -0.05) is 70.2 Å². The minimum atomic E-state index is 1.18. The van der Waals surface area contributed by atoms with Crippen molar-refractivity contribution >= 4 is 5.57 Å². The van der Waals surface area contributed by atoms with Gasteiger partial charge in [0, 0.05) is 0 Å². The molecule has 2 rings (SSSR count). The summed E-state index contributed by atoms with van der Waals surface area (Å²) in [7, 11) is 0. The molecule has 1 aromatic carbocycles. The maximum Gasteiger partial charge on any atom is -0.0185 e. The molecule has 17 heavy (non-hydrogen) atoms. The van der Waals surface area contributed by atoms with E-state index in [1.165, 1.54) is 29.6 Å². The molecule has 0 amide bonds. The van der Waals surface area contributed by atoms with Gasteiger partial charge in [-0.15, -0.1) is 0 Å². The molecule has 1 aromatic rings. The normalized spacial score (nSPS) is 13.2. The quantitative estimate of drug-likeness (QED) is 0.566. The summed E-state index contributed by atoms with van der Waals surface area (Å²) in [6, 6.07) is 10.6. The first-order chi connectivity index (χ1) is 8.38. The van der Waals surface area contributed by atoms with E-state index in [1.807, 2.05) is 27.7 Å². The van der Waals surface area contributed by atoms with Crippen LogP contribution in [0.25, 0.3) is 5.57 Å². The maximum absolute atomic E-state index is 2.34. The third kappa shape index (κ3) is 5.04. The summed E-state index contributed by atoms with van der Waals surface area (Å²) >= 11 is 0. The Hall–Kier alpha value is -1.30. The van der Waals surface area contributed by atoms with Crippen LogP contribution in [0.15, 0.2) is 48.1 Å². The molecule has 0 atom stereocenters. The van der Waals surface area contributed by atoms with E-state index in [1.54, 1.807) is 0 Å². The first-order valence-electron chi connectivity index (χ1n) is 6.80. The Labute approximate surface area is 107 Å². The minimum absolute atomic E-state index is 1.18. The molecule has 0 radical (unpaired) electrons. The highest BCUT2D eigenvalue weighted by Crippen LogP contribution is 2.27. The van der Waals surface area contributed by atoms with Crippen molar-refractivity contribution in [1.29, 1.82) is 0 Å². The fourth-order valence-electron chi connectivity index (χ4n) is 1.76. The van der Waals surface area contributed by atoms with Crippen molar-refractivity contribution in [1.82, 2.24) is 0 Å². The molecule has 0 fully saturated rings. The van der Waals surface area contributed by atoms with Gasteiger partial charge < -0.3 is 0 Å². The standard InChI is InChI=1S/C13H14.2C2H6/c1-11-7-5-6-10-13(11)12-8-3-2-4-9-12;2*1-2/h2-4,7-10H,5-6H2,1H3;2*1-2H3. The van der Waals surface area contributed by atoms with Crippen molar-refractivity contribution in [3.63, 3.8) is 0 Å². The van der Waals surface area contributed by atoms with Gasteiger partial charge in [-0.2, -0.15) is 0 Å². The molecule has 94 valence electrons. The molecule has 0 saturated heterocycles. The molecule has 0 N–H and O–H groups in total. The number of hydrogen-bond acceptors (Lipinski definition) is 0. The molecule has 1 aliphatic rings. The number of benzene rings is 1. The molecule has 0 aromatic heterocycles. The lowest BCUT2D eigenvalue weighted by Crippen LogP contribution is -1.90. The second-order valence-electron chi connectivity index (χ2n) is 3.45. The van der Waals surface area contributed by atoms with Crippen LogP contribution in [0.3, 0.4) is 0 Å². The summed E-state index contributed by atoms with van der Waals surface area (Å²) in [5.41, 5.74) is 4.17. The van der Waals surface area contributed by atoms with Gasteiger partial charge in [-0.25, -0.2) is 0 Å². The lowest BCUT2D eigenvalue weighted by atomic mass is 9.93. The van der Waals surface area contributed by atoms with Crippen molar-refractivity contribution in [3.8, 4) is 0 Å². The largest absolute Gasteiger partial charge is 0.0807 e. The monoisotopic (exact) mass is 230 g/mol. The first-order valence-corrected chi connectivity index (χ1v) is 6.80. The van der Waals surface area contributed by atoms with Gasteiger partial charge in [-0.3, -0.25) is 0 Å². The second-order valence-corrected chi connectivity index (χ2v) is 3.45. The highest BCUT2D eigenvalue weighted by atomic mass is 14.1. The van der Waals surface area contributed by atoms with Crippen molar-refractivity contribution in [2.24, 2.45) is 0 Å². The molecule has 0 spiro atoms. The average molecular weight is 230 g/mol. The number of hydrogen-bond donors (Lipinski definition) is 0. The van der Waals surface area contributed by atoms with Crippen molar-refractivity contribution < 1.29 is 0 Å². The summed E-state index contributed by atoms with van der Waals surface area (Å²) in [4.78, 5) is 0. The van der Waals surface area contributed by atoms with Gasteiger partial charge in [-0.05, 0) is 36.5 Å². The van der Waals surface area contributed by atoms with Gasteiger partial charge >= 0.3 is 0 Å². The predicted molar refractivity (Wildman–Crippen MR) is 80.1 cm³/mol. The van der Waals surface area contributed by atoms with Crippen LogP contribution in [0.2, 0.25) is 0 Å². The highest BCUT2D eigenvalue weighted by Gasteiger charge is 2.05. The van der Waals surface area contributed by atoms with Crippen LogP contribution < -0.4 is 0 Å². The molecule has 0 unspecified atom stereocenters. The van der Waals surface area contributed by atoms with Gasteiger partial charge in [0.1, 0.15) is 0 Å². The zero-order valence-corrected chi connectivity index (χ0v) is 12.0. The summed E-state index contributed by atoms with van der Waals surface area (Å²) < 4.78 is 0. The molecule has 0 nitrogen and oxygen atoms in total. The molecule has 0 bridgehead atoms. The van der Waals surface area contributed by atoms with Crippen LogP contribution in [0.5, 0.6) is 0 Å². The van der Waals surface area contributed by atoms with Gasteiger partial charge in [0.05, 0.1) is 0 Å². The van der Waals surface area contributed by atoms with Crippen LogP contribution in [0.1, 0.15) is 53.0 Å². The van der Waals surface area contributed by atoms with E-state index in [2.05, 4.69) is 49.4 Å². The Morgan fingerprint density at radius 1 is 0.765 bits per heavy atom. The molecule has 0 heteroatoms. The van der Waals surface area contributed by atoms with Crippen LogP contribution in [-0.4, -0.2) is 0 Å². The molecular formula is C17H26. The van der Waals surface area contributed by atoms with E-state index >= 15 is 0 Å². The first kappa shape index (κ1) is 15.7. The van der Waals surface area contributed by atoms with E-state index in [4.69, 9.17) is 0 Å². The van der Waals surface area contributed by atoms with Crippen molar-refractivity contribution in [2.45, 2.75) is 47.5 Å². The fourth-order valence-corrected chi connectivity index (χ4v) is 1.76. The molecule has 0 aliphatic heterocycles. The Morgan fingerprint density at radius 2 is 1.29 bits per heavy atom. The second kappa shape index (κ2) is 9.89. The average Bonchev–Trinajstić information content (AvgIpc) is 2.45. The molecular weight excluding hydrogens is 204 g/mol. The Morgan fingerprint density at radius 3 is 1.82 bits per heavy atom. The summed E-state index contributed by atoms with van der Waals surface area (Å²) in [6.07, 6.45) is 7.04. The maximum atomic E-state index is 2.34. The lowest BCUT2D eigenvalue weighted by Gasteiger charge is -2.12. The SMILES string of the molecule is CC.CC.CC1=CCCC=C1c1ccccc1. The third-order valence-corrected chi connectivity index (χ3v) is 2.48.